The summed E-state index contributed by atoms with van der Waals surface area (Å²) in [6.45, 7) is 12.1. The van der Waals surface area contributed by atoms with Crippen LogP contribution >= 0.6 is 0 Å². The lowest BCUT2D eigenvalue weighted by Crippen LogP contribution is -2.37. The zero-order valence-corrected chi connectivity index (χ0v) is 20.2. The van der Waals surface area contributed by atoms with Crippen molar-refractivity contribution in [2.24, 2.45) is 5.92 Å². The van der Waals surface area contributed by atoms with Gasteiger partial charge in [0.15, 0.2) is 11.6 Å². The third-order valence-electron chi connectivity index (χ3n) is 5.20. The van der Waals surface area contributed by atoms with Gasteiger partial charge in [-0.05, 0) is 37.1 Å². The Labute approximate surface area is 201 Å². The quantitative estimate of drug-likeness (QED) is 0.279. The molecule has 0 spiro atoms. The van der Waals surface area contributed by atoms with E-state index in [1.807, 2.05) is 37.3 Å². The summed E-state index contributed by atoms with van der Waals surface area (Å²) >= 11 is 0. The number of hydrogen-bond acceptors (Lipinski definition) is 5. The van der Waals surface area contributed by atoms with E-state index in [0.29, 0.717) is 31.5 Å². The molecule has 2 aromatic carbocycles. The normalized spacial score (nSPS) is 12.3. The van der Waals surface area contributed by atoms with Gasteiger partial charge in [-0.15, -0.1) is 6.58 Å². The van der Waals surface area contributed by atoms with Crippen molar-refractivity contribution in [3.8, 4) is 17.3 Å². The smallest absolute Gasteiger partial charge is 0.227 e. The Morgan fingerprint density at radius 2 is 1.82 bits per heavy atom. The van der Waals surface area contributed by atoms with Crippen LogP contribution in [0, 0.1) is 18.7 Å². The molecular weight excluding hydrogens is 433 g/mol. The van der Waals surface area contributed by atoms with E-state index in [1.165, 1.54) is 6.07 Å². The highest BCUT2D eigenvalue weighted by Crippen LogP contribution is 2.33. The van der Waals surface area contributed by atoms with Crippen LogP contribution in [0.25, 0.3) is 5.69 Å². The van der Waals surface area contributed by atoms with E-state index in [1.54, 1.807) is 29.0 Å². The summed E-state index contributed by atoms with van der Waals surface area (Å²) in [5, 5.41) is 15.3. The van der Waals surface area contributed by atoms with Crippen LogP contribution in [0.15, 0.2) is 67.3 Å². The summed E-state index contributed by atoms with van der Waals surface area (Å²) in [5.74, 6) is 0.525. The molecule has 7 heteroatoms. The summed E-state index contributed by atoms with van der Waals surface area (Å²) in [4.78, 5) is 2.15. The highest BCUT2D eigenvalue weighted by molar-refractivity contribution is 5.43. The van der Waals surface area contributed by atoms with Gasteiger partial charge in [-0.25, -0.2) is 9.07 Å². The molecule has 0 amide bonds. The molecule has 1 aromatic heterocycles. The molecular formula is C27H34FN3O3. The maximum atomic E-state index is 14.5. The predicted octanol–water partition coefficient (Wildman–Crippen LogP) is 5.13. The van der Waals surface area contributed by atoms with Crippen molar-refractivity contribution in [2.45, 2.75) is 33.4 Å². The van der Waals surface area contributed by atoms with Crippen molar-refractivity contribution in [3.63, 3.8) is 0 Å². The van der Waals surface area contributed by atoms with E-state index in [4.69, 9.17) is 14.6 Å². The number of benzene rings is 2. The maximum absolute atomic E-state index is 14.5. The van der Waals surface area contributed by atoms with Gasteiger partial charge in [-0.2, -0.15) is 5.10 Å². The van der Waals surface area contributed by atoms with E-state index in [9.17, 15) is 9.50 Å². The van der Waals surface area contributed by atoms with E-state index in [0.717, 1.165) is 23.5 Å². The number of para-hydroxylation sites is 2. The standard InChI is InChI=1S/C27H34FN3O3/c1-5-15-33-19-23(32)17-30(16-20(2)3)18-24-21(4)29-31(22-11-7-6-8-12-22)27(24)34-26-14-10-9-13-25(26)28/h5-14,20,23,32H,1,15-19H2,2-4H3. The highest BCUT2D eigenvalue weighted by atomic mass is 19.1. The van der Waals surface area contributed by atoms with Gasteiger partial charge in [0.25, 0.3) is 0 Å². The first-order chi connectivity index (χ1) is 16.4. The Morgan fingerprint density at radius 3 is 2.50 bits per heavy atom. The number of aromatic nitrogens is 2. The van der Waals surface area contributed by atoms with Crippen molar-refractivity contribution in [1.82, 2.24) is 14.7 Å². The second-order valence-corrected chi connectivity index (χ2v) is 8.72. The number of rotatable bonds is 13. The third-order valence-corrected chi connectivity index (χ3v) is 5.20. The Balaban J connectivity index is 1.95. The first-order valence-corrected chi connectivity index (χ1v) is 11.5. The van der Waals surface area contributed by atoms with E-state index in [2.05, 4.69) is 25.3 Å². The Bertz CT molecular complexity index is 1050. The molecule has 0 radical (unpaired) electrons. The SMILES string of the molecule is C=CCOCC(O)CN(Cc1c(C)nn(-c2ccccc2)c1Oc1ccccc1F)CC(C)C. The van der Waals surface area contributed by atoms with Gasteiger partial charge in [-0.1, -0.05) is 50.3 Å². The van der Waals surface area contributed by atoms with Crippen LogP contribution in [0.1, 0.15) is 25.1 Å². The summed E-state index contributed by atoms with van der Waals surface area (Å²) in [7, 11) is 0. The molecule has 0 aliphatic carbocycles. The van der Waals surface area contributed by atoms with Gasteiger partial charge in [0.05, 0.1) is 36.3 Å². The molecule has 0 aliphatic rings. The number of aliphatic hydroxyl groups excluding tert-OH is 1. The largest absolute Gasteiger partial charge is 0.435 e. The zero-order chi connectivity index (χ0) is 24.5. The predicted molar refractivity (Wildman–Crippen MR) is 132 cm³/mol. The molecule has 3 aromatic rings. The minimum Gasteiger partial charge on any atom is -0.435 e. The molecule has 0 fully saturated rings. The second kappa shape index (κ2) is 12.5. The molecule has 3 rings (SSSR count). The molecule has 34 heavy (non-hydrogen) atoms. The molecule has 0 aliphatic heterocycles. The van der Waals surface area contributed by atoms with Crippen LogP contribution in [0.5, 0.6) is 11.6 Å². The van der Waals surface area contributed by atoms with Gasteiger partial charge >= 0.3 is 0 Å². The Hall–Kier alpha value is -3.00. The topological polar surface area (TPSA) is 59.8 Å². The average molecular weight is 468 g/mol. The van der Waals surface area contributed by atoms with Crippen molar-refractivity contribution in [3.05, 3.63) is 84.3 Å². The Kier molecular flexibility index (Phi) is 9.39. The molecule has 0 bridgehead atoms. The molecule has 0 saturated carbocycles. The monoisotopic (exact) mass is 467 g/mol. The van der Waals surface area contributed by atoms with Gasteiger partial charge in [0.2, 0.25) is 5.88 Å². The average Bonchev–Trinajstić information content (AvgIpc) is 3.10. The first kappa shape index (κ1) is 25.6. The number of nitrogens with zero attached hydrogens (tertiary/aromatic N) is 3. The number of aryl methyl sites for hydroxylation is 1. The number of ether oxygens (including phenoxy) is 2. The molecule has 1 N–H and O–H groups in total. The summed E-state index contributed by atoms with van der Waals surface area (Å²) in [6.07, 6.45) is 1.01. The van der Waals surface area contributed by atoms with E-state index < -0.39 is 11.9 Å². The second-order valence-electron chi connectivity index (χ2n) is 8.72. The minimum absolute atomic E-state index is 0.133. The van der Waals surface area contributed by atoms with Crippen LogP contribution in [-0.4, -0.2) is 52.2 Å². The van der Waals surface area contributed by atoms with Crippen molar-refractivity contribution in [2.75, 3.05) is 26.3 Å². The zero-order valence-electron chi connectivity index (χ0n) is 20.2. The summed E-state index contributed by atoms with van der Waals surface area (Å²) in [5.41, 5.74) is 2.43. The van der Waals surface area contributed by atoms with Crippen LogP contribution in [0.4, 0.5) is 4.39 Å². The van der Waals surface area contributed by atoms with Crippen LogP contribution in [-0.2, 0) is 11.3 Å². The van der Waals surface area contributed by atoms with Crippen LogP contribution in [0.2, 0.25) is 0 Å². The lowest BCUT2D eigenvalue weighted by Gasteiger charge is -2.27. The van der Waals surface area contributed by atoms with Crippen molar-refractivity contribution >= 4 is 0 Å². The lowest BCUT2D eigenvalue weighted by atomic mass is 10.1. The lowest BCUT2D eigenvalue weighted by molar-refractivity contribution is 0.0222. The van der Waals surface area contributed by atoms with Crippen LogP contribution < -0.4 is 4.74 Å². The fourth-order valence-corrected chi connectivity index (χ4v) is 3.78. The Morgan fingerprint density at radius 1 is 1.12 bits per heavy atom. The molecule has 1 heterocycles. The number of halogens is 1. The highest BCUT2D eigenvalue weighted by Gasteiger charge is 2.23. The first-order valence-electron chi connectivity index (χ1n) is 11.5. The van der Waals surface area contributed by atoms with Crippen molar-refractivity contribution < 1.29 is 19.0 Å². The van der Waals surface area contributed by atoms with Gasteiger partial charge < -0.3 is 14.6 Å². The molecule has 182 valence electrons. The van der Waals surface area contributed by atoms with E-state index in [-0.39, 0.29) is 12.4 Å². The summed E-state index contributed by atoms with van der Waals surface area (Å²) < 4.78 is 27.7. The fraction of sp³-hybridized carbons (Fsp3) is 0.370. The molecule has 6 nitrogen and oxygen atoms in total. The molecule has 0 saturated heterocycles. The van der Waals surface area contributed by atoms with Gasteiger partial charge in [-0.3, -0.25) is 4.90 Å². The molecule has 1 unspecified atom stereocenters. The van der Waals surface area contributed by atoms with Crippen LogP contribution in [0.3, 0.4) is 0 Å². The maximum Gasteiger partial charge on any atom is 0.227 e. The van der Waals surface area contributed by atoms with Crippen molar-refractivity contribution in [1.29, 1.82) is 0 Å². The van der Waals surface area contributed by atoms with Gasteiger partial charge in [0, 0.05) is 19.6 Å². The summed E-state index contributed by atoms with van der Waals surface area (Å²) in [6, 6.07) is 16.0. The van der Waals surface area contributed by atoms with Gasteiger partial charge in [0.1, 0.15) is 0 Å². The third kappa shape index (κ3) is 7.00. The number of aliphatic hydroxyl groups is 1. The van der Waals surface area contributed by atoms with E-state index >= 15 is 0 Å². The minimum atomic E-state index is -0.654. The molecule has 1 atom stereocenters. The fourth-order valence-electron chi connectivity index (χ4n) is 3.78. The number of hydrogen-bond donors (Lipinski definition) is 1.